The molecule has 2 fully saturated rings. The van der Waals surface area contributed by atoms with E-state index in [1.165, 1.54) is 9.80 Å². The number of hydrogen-bond acceptors (Lipinski definition) is 7. The van der Waals surface area contributed by atoms with Crippen molar-refractivity contribution in [3.8, 4) is 5.75 Å². The summed E-state index contributed by atoms with van der Waals surface area (Å²) in [6, 6.07) is 12.1. The second kappa shape index (κ2) is 9.64. The summed E-state index contributed by atoms with van der Waals surface area (Å²) < 4.78 is 10.7. The van der Waals surface area contributed by atoms with Gasteiger partial charge < -0.3 is 24.4 Å². The molecule has 2 aromatic carbocycles. The minimum atomic E-state index is -1.73. The van der Waals surface area contributed by atoms with E-state index in [-0.39, 0.29) is 17.9 Å². The van der Waals surface area contributed by atoms with Crippen LogP contribution in [0.2, 0.25) is 0 Å². The van der Waals surface area contributed by atoms with Crippen molar-refractivity contribution in [1.82, 2.24) is 9.80 Å². The van der Waals surface area contributed by atoms with Gasteiger partial charge in [0, 0.05) is 50.0 Å². The van der Waals surface area contributed by atoms with Crippen LogP contribution in [0.5, 0.6) is 5.75 Å². The number of para-hydroxylation sites is 1. The first-order valence-corrected chi connectivity index (χ1v) is 12.4. The van der Waals surface area contributed by atoms with Crippen LogP contribution in [0, 0.1) is 6.92 Å². The smallest absolute Gasteiger partial charge is 0.296 e. The number of aryl methyl sites for hydroxylation is 1. The summed E-state index contributed by atoms with van der Waals surface area (Å²) in [5, 5.41) is 11.5. The van der Waals surface area contributed by atoms with Crippen LogP contribution in [0.15, 0.2) is 48.0 Å². The molecule has 0 aliphatic carbocycles. The Kier molecular flexibility index (Phi) is 6.51. The molecule has 3 aliphatic rings. The highest BCUT2D eigenvalue weighted by atomic mass is 16.5. The highest BCUT2D eigenvalue weighted by Gasteiger charge is 2.66. The van der Waals surface area contributed by atoms with Gasteiger partial charge in [-0.15, -0.1) is 0 Å². The number of hydrogen-bond donors (Lipinski definition) is 1. The van der Waals surface area contributed by atoms with Crippen LogP contribution in [0.1, 0.15) is 23.1 Å². The first kappa shape index (κ1) is 25.0. The number of aliphatic hydroxyl groups excluding tert-OH is 1. The summed E-state index contributed by atoms with van der Waals surface area (Å²) in [5.41, 5.74) is 0.265. The van der Waals surface area contributed by atoms with Crippen molar-refractivity contribution in [2.75, 3.05) is 58.5 Å². The SMILES string of the molecule is COc1ccc(C(O)=C2C(=O)C(=O)N(CCCN3CCOCC3)[C@@]23C(=O)N(C)c2ccccc23)cc1C. The molecule has 1 spiro atoms. The largest absolute Gasteiger partial charge is 0.507 e. The zero-order valence-corrected chi connectivity index (χ0v) is 21.3. The summed E-state index contributed by atoms with van der Waals surface area (Å²) in [5.74, 6) is -1.84. The zero-order valence-electron chi connectivity index (χ0n) is 21.3. The number of likely N-dealkylation sites (tertiary alicyclic amines) is 1. The lowest BCUT2D eigenvalue weighted by Crippen LogP contribution is -2.52. The summed E-state index contributed by atoms with van der Waals surface area (Å²) in [4.78, 5) is 46.2. The predicted molar refractivity (Wildman–Crippen MR) is 137 cm³/mol. The number of Topliss-reactive ketones (excluding diaryl/α,β-unsaturated/α-hetero) is 1. The molecule has 194 valence electrons. The average Bonchev–Trinajstić information content (AvgIpc) is 3.27. The van der Waals surface area contributed by atoms with Crippen LogP contribution in [0.3, 0.4) is 0 Å². The number of rotatable bonds is 6. The maximum Gasteiger partial charge on any atom is 0.296 e. The number of amides is 2. The molecule has 0 saturated carbocycles. The number of nitrogens with zero attached hydrogens (tertiary/aromatic N) is 3. The van der Waals surface area contributed by atoms with Crippen LogP contribution in [0.25, 0.3) is 5.76 Å². The van der Waals surface area contributed by atoms with Crippen molar-refractivity contribution in [3.63, 3.8) is 0 Å². The van der Waals surface area contributed by atoms with Gasteiger partial charge in [0.2, 0.25) is 0 Å². The van der Waals surface area contributed by atoms with E-state index in [4.69, 9.17) is 9.47 Å². The van der Waals surface area contributed by atoms with E-state index >= 15 is 0 Å². The molecule has 37 heavy (non-hydrogen) atoms. The molecule has 0 aromatic heterocycles. The van der Waals surface area contributed by atoms with Gasteiger partial charge in [-0.05, 0) is 43.2 Å². The molecule has 0 radical (unpaired) electrons. The van der Waals surface area contributed by atoms with Gasteiger partial charge in [-0.3, -0.25) is 19.3 Å². The van der Waals surface area contributed by atoms with Crippen molar-refractivity contribution in [2.45, 2.75) is 18.9 Å². The Morgan fingerprint density at radius 2 is 1.81 bits per heavy atom. The molecular formula is C28H31N3O6. The average molecular weight is 506 g/mol. The van der Waals surface area contributed by atoms with E-state index in [1.807, 2.05) is 6.92 Å². The Morgan fingerprint density at radius 1 is 1.08 bits per heavy atom. The predicted octanol–water partition coefficient (Wildman–Crippen LogP) is 2.28. The fourth-order valence-corrected chi connectivity index (χ4v) is 5.72. The molecule has 2 saturated heterocycles. The third kappa shape index (κ3) is 3.81. The topological polar surface area (TPSA) is 99.6 Å². The monoisotopic (exact) mass is 505 g/mol. The van der Waals surface area contributed by atoms with Gasteiger partial charge in [0.05, 0.1) is 25.9 Å². The van der Waals surface area contributed by atoms with E-state index < -0.39 is 23.1 Å². The van der Waals surface area contributed by atoms with E-state index in [0.717, 1.165) is 18.7 Å². The molecule has 5 rings (SSSR count). The van der Waals surface area contributed by atoms with Gasteiger partial charge in [-0.2, -0.15) is 0 Å². The lowest BCUT2D eigenvalue weighted by Gasteiger charge is -2.35. The summed E-state index contributed by atoms with van der Waals surface area (Å²) in [6.45, 7) is 5.61. The minimum Gasteiger partial charge on any atom is -0.507 e. The van der Waals surface area contributed by atoms with Crippen molar-refractivity contribution in [1.29, 1.82) is 0 Å². The number of benzene rings is 2. The number of ketones is 1. The number of carbonyl (C=O) groups is 3. The summed E-state index contributed by atoms with van der Waals surface area (Å²) >= 11 is 0. The lowest BCUT2D eigenvalue weighted by atomic mass is 9.81. The number of fused-ring (bicyclic) bond motifs is 2. The second-order valence-corrected chi connectivity index (χ2v) is 9.59. The summed E-state index contributed by atoms with van der Waals surface area (Å²) in [7, 11) is 3.18. The third-order valence-corrected chi connectivity index (χ3v) is 7.57. The van der Waals surface area contributed by atoms with E-state index in [1.54, 1.807) is 56.6 Å². The zero-order chi connectivity index (χ0) is 26.3. The molecule has 9 heteroatoms. The Labute approximate surface area is 215 Å². The van der Waals surface area contributed by atoms with Gasteiger partial charge in [0.15, 0.2) is 5.54 Å². The first-order valence-electron chi connectivity index (χ1n) is 12.4. The molecule has 2 aromatic rings. The fourth-order valence-electron chi connectivity index (χ4n) is 5.72. The van der Waals surface area contributed by atoms with Crippen LogP contribution in [-0.2, 0) is 24.7 Å². The highest BCUT2D eigenvalue weighted by Crippen LogP contribution is 2.53. The maximum atomic E-state index is 14.1. The fraction of sp³-hybridized carbons (Fsp3) is 0.393. The van der Waals surface area contributed by atoms with Crippen molar-refractivity contribution >= 4 is 29.0 Å². The maximum absolute atomic E-state index is 14.1. The molecule has 0 unspecified atom stereocenters. The van der Waals surface area contributed by atoms with Gasteiger partial charge in [-0.1, -0.05) is 18.2 Å². The molecule has 3 aliphatic heterocycles. The normalized spacial score (nSPS) is 23.3. The van der Waals surface area contributed by atoms with E-state index in [9.17, 15) is 19.5 Å². The number of likely N-dealkylation sites (N-methyl/N-ethyl adjacent to an activating group) is 1. The third-order valence-electron chi connectivity index (χ3n) is 7.57. The quantitative estimate of drug-likeness (QED) is 0.365. The molecule has 1 N–H and O–H groups in total. The standard InChI is InChI=1S/C28H31N3O6/c1-18-17-19(9-10-22(18)36-3)24(32)23-25(33)26(34)31(12-6-11-30-13-15-37-16-14-30)28(23)20-7-4-5-8-21(20)29(2)27(28)35/h4-5,7-10,17,32H,6,11-16H2,1-3H3/t28-/m1/s1. The number of methoxy groups -OCH3 is 1. The van der Waals surface area contributed by atoms with Crippen LogP contribution in [0.4, 0.5) is 5.69 Å². The van der Waals surface area contributed by atoms with E-state index in [2.05, 4.69) is 4.90 Å². The highest BCUT2D eigenvalue weighted by molar-refractivity contribution is 6.50. The molecule has 0 bridgehead atoms. The van der Waals surface area contributed by atoms with Gasteiger partial charge in [-0.25, -0.2) is 0 Å². The molecular weight excluding hydrogens is 474 g/mol. The number of aliphatic hydroxyl groups is 1. The Balaban J connectivity index is 1.64. The lowest BCUT2D eigenvalue weighted by molar-refractivity contribution is -0.143. The van der Waals surface area contributed by atoms with Gasteiger partial charge in [0.25, 0.3) is 17.6 Å². The van der Waals surface area contributed by atoms with Crippen molar-refractivity contribution < 1.29 is 29.0 Å². The van der Waals surface area contributed by atoms with Crippen molar-refractivity contribution in [2.24, 2.45) is 0 Å². The second-order valence-electron chi connectivity index (χ2n) is 9.59. The number of morpholine rings is 1. The number of carbonyl (C=O) groups excluding carboxylic acids is 3. The van der Waals surface area contributed by atoms with Crippen LogP contribution >= 0.6 is 0 Å². The Hall–Kier alpha value is -3.69. The van der Waals surface area contributed by atoms with Crippen molar-refractivity contribution in [3.05, 3.63) is 64.7 Å². The minimum absolute atomic E-state index is 0.189. The molecule has 3 heterocycles. The van der Waals surface area contributed by atoms with Crippen LogP contribution < -0.4 is 9.64 Å². The first-order chi connectivity index (χ1) is 17.8. The number of ether oxygens (including phenoxy) is 2. The Bertz CT molecular complexity index is 1300. The molecule has 1 atom stereocenters. The number of anilines is 1. The Morgan fingerprint density at radius 3 is 2.51 bits per heavy atom. The van der Waals surface area contributed by atoms with Crippen LogP contribution in [-0.4, -0.2) is 86.1 Å². The van der Waals surface area contributed by atoms with E-state index in [0.29, 0.717) is 48.7 Å². The molecule has 9 nitrogen and oxygen atoms in total. The molecule has 2 amide bonds. The summed E-state index contributed by atoms with van der Waals surface area (Å²) in [6.07, 6.45) is 0.565. The van der Waals surface area contributed by atoms with Gasteiger partial charge in [0.1, 0.15) is 11.5 Å². The van der Waals surface area contributed by atoms with Gasteiger partial charge >= 0.3 is 0 Å².